The number of methoxy groups -OCH3 is 2. The van der Waals surface area contributed by atoms with Crippen molar-refractivity contribution in [1.29, 1.82) is 0 Å². The SMILES string of the molecule is COc1cc2c(cc1OC)CN(C(=O)Cn1ccc3c([NH+]([O-])O)cccc31)CC2. The van der Waals surface area contributed by atoms with Gasteiger partial charge in [0.2, 0.25) is 5.91 Å². The molecular weight excluding hydrogens is 374 g/mol. The van der Waals surface area contributed by atoms with E-state index in [9.17, 15) is 15.2 Å². The molecule has 8 nitrogen and oxygen atoms in total. The van der Waals surface area contributed by atoms with Gasteiger partial charge >= 0.3 is 0 Å². The largest absolute Gasteiger partial charge is 0.595 e. The number of rotatable bonds is 5. The first-order chi connectivity index (χ1) is 14.0. The van der Waals surface area contributed by atoms with E-state index in [4.69, 9.17) is 9.47 Å². The Kier molecular flexibility index (Phi) is 5.14. The van der Waals surface area contributed by atoms with Gasteiger partial charge in [-0.1, -0.05) is 6.07 Å². The molecule has 152 valence electrons. The topological polar surface area (TPSA) is 91.4 Å². The number of benzene rings is 2. The molecule has 1 aromatic heterocycles. The number of quaternary nitrogens is 1. The van der Waals surface area contributed by atoms with Crippen molar-refractivity contribution >= 4 is 22.5 Å². The molecule has 2 aromatic carbocycles. The Morgan fingerprint density at radius 3 is 2.59 bits per heavy atom. The van der Waals surface area contributed by atoms with Crippen LogP contribution in [0.2, 0.25) is 0 Å². The summed E-state index contributed by atoms with van der Waals surface area (Å²) in [6, 6.07) is 10.7. The number of aromatic nitrogens is 1. The second-order valence-electron chi connectivity index (χ2n) is 7.03. The molecular formula is C21H23N3O5. The molecule has 2 heterocycles. The molecule has 1 aliphatic heterocycles. The molecule has 0 saturated heterocycles. The fraction of sp³-hybridized carbons (Fsp3) is 0.286. The minimum absolute atomic E-state index is 0.0105. The predicted octanol–water partition coefficient (Wildman–Crippen LogP) is 1.65. The summed E-state index contributed by atoms with van der Waals surface area (Å²) in [7, 11) is 3.21. The Hall–Kier alpha value is -3.07. The maximum Gasteiger partial charge on any atom is 0.242 e. The van der Waals surface area contributed by atoms with E-state index < -0.39 is 5.23 Å². The fourth-order valence-electron chi connectivity index (χ4n) is 3.89. The summed E-state index contributed by atoms with van der Waals surface area (Å²) in [5.41, 5.74) is 3.18. The Morgan fingerprint density at radius 2 is 1.90 bits per heavy atom. The van der Waals surface area contributed by atoms with Crippen molar-refractivity contribution in [3.8, 4) is 11.5 Å². The van der Waals surface area contributed by atoms with Gasteiger partial charge in [-0.25, -0.2) is 5.21 Å². The summed E-state index contributed by atoms with van der Waals surface area (Å²) < 4.78 is 12.5. The monoisotopic (exact) mass is 397 g/mol. The van der Waals surface area contributed by atoms with Crippen LogP contribution in [0.25, 0.3) is 10.9 Å². The van der Waals surface area contributed by atoms with Gasteiger partial charge in [0, 0.05) is 25.4 Å². The lowest BCUT2D eigenvalue weighted by Crippen LogP contribution is -2.99. The molecule has 2 N–H and O–H groups in total. The second-order valence-corrected chi connectivity index (χ2v) is 7.03. The molecule has 1 aliphatic rings. The summed E-state index contributed by atoms with van der Waals surface area (Å²) >= 11 is 0. The minimum atomic E-state index is -0.975. The van der Waals surface area contributed by atoms with Crippen LogP contribution >= 0.6 is 0 Å². The van der Waals surface area contributed by atoms with Crippen molar-refractivity contribution in [2.24, 2.45) is 0 Å². The van der Waals surface area contributed by atoms with Crippen molar-refractivity contribution < 1.29 is 24.7 Å². The predicted molar refractivity (Wildman–Crippen MR) is 106 cm³/mol. The molecule has 1 atom stereocenters. The zero-order valence-electron chi connectivity index (χ0n) is 16.3. The van der Waals surface area contributed by atoms with Crippen molar-refractivity contribution in [3.05, 3.63) is 58.9 Å². The van der Waals surface area contributed by atoms with Gasteiger partial charge in [-0.3, -0.25) is 4.79 Å². The molecule has 8 heteroatoms. The lowest BCUT2D eigenvalue weighted by molar-refractivity contribution is -0.990. The number of nitrogens with one attached hydrogen (secondary N) is 1. The number of carbonyl (C=O) groups is 1. The molecule has 0 fully saturated rings. The zero-order valence-corrected chi connectivity index (χ0v) is 16.3. The van der Waals surface area contributed by atoms with E-state index in [1.54, 1.807) is 43.2 Å². The Bertz CT molecular complexity index is 1060. The van der Waals surface area contributed by atoms with Crippen LogP contribution in [0.5, 0.6) is 11.5 Å². The highest BCUT2D eigenvalue weighted by atomic mass is 16.8. The minimum Gasteiger partial charge on any atom is -0.595 e. The van der Waals surface area contributed by atoms with Crippen LogP contribution in [0.1, 0.15) is 11.1 Å². The van der Waals surface area contributed by atoms with E-state index >= 15 is 0 Å². The third kappa shape index (κ3) is 3.53. The van der Waals surface area contributed by atoms with Crippen molar-refractivity contribution in [2.45, 2.75) is 19.5 Å². The highest BCUT2D eigenvalue weighted by molar-refractivity contribution is 5.90. The van der Waals surface area contributed by atoms with Gasteiger partial charge in [0.1, 0.15) is 6.54 Å². The summed E-state index contributed by atoms with van der Waals surface area (Å²) in [4.78, 5) is 14.8. The van der Waals surface area contributed by atoms with E-state index in [1.165, 1.54) is 0 Å². The highest BCUT2D eigenvalue weighted by Gasteiger charge is 2.23. The number of amides is 1. The van der Waals surface area contributed by atoms with Crippen LogP contribution in [0, 0.1) is 5.21 Å². The van der Waals surface area contributed by atoms with Crippen molar-refractivity contribution in [2.75, 3.05) is 20.8 Å². The quantitative estimate of drug-likeness (QED) is 0.639. The average molecular weight is 397 g/mol. The lowest BCUT2D eigenvalue weighted by Gasteiger charge is -2.30. The highest BCUT2D eigenvalue weighted by Crippen LogP contribution is 2.33. The summed E-state index contributed by atoms with van der Waals surface area (Å²) in [5.74, 6) is 1.33. The first-order valence-electron chi connectivity index (χ1n) is 9.34. The Morgan fingerprint density at radius 1 is 1.17 bits per heavy atom. The van der Waals surface area contributed by atoms with Gasteiger partial charge in [-0.2, -0.15) is 5.23 Å². The van der Waals surface area contributed by atoms with Gasteiger partial charge < -0.3 is 24.1 Å². The number of hydrogen-bond donors (Lipinski definition) is 2. The number of fused-ring (bicyclic) bond motifs is 2. The van der Waals surface area contributed by atoms with E-state index in [2.05, 4.69) is 0 Å². The second kappa shape index (κ2) is 7.75. The normalized spacial score (nSPS) is 14.6. The van der Waals surface area contributed by atoms with E-state index in [0.717, 1.165) is 23.1 Å². The fourth-order valence-corrected chi connectivity index (χ4v) is 3.89. The molecule has 29 heavy (non-hydrogen) atoms. The molecule has 4 rings (SSSR count). The van der Waals surface area contributed by atoms with Crippen molar-refractivity contribution in [3.63, 3.8) is 0 Å². The molecule has 0 spiro atoms. The standard InChI is InChI=1S/C21H23N3O5/c1-28-19-10-14-6-8-23(12-15(14)11-20(19)29-2)21(25)13-22-9-7-16-17(22)4-3-5-18(16)24(26)27/h3-5,7,9-11,24,26H,6,8,12-13H2,1-2H3. The van der Waals surface area contributed by atoms with Crippen LogP contribution in [-0.4, -0.2) is 41.3 Å². The number of carbonyl (C=O) groups excluding carboxylic acids is 1. The van der Waals surface area contributed by atoms with Crippen LogP contribution in [0.4, 0.5) is 5.69 Å². The van der Waals surface area contributed by atoms with E-state index in [-0.39, 0.29) is 18.1 Å². The van der Waals surface area contributed by atoms with Gasteiger partial charge in [-0.05, 0) is 41.8 Å². The van der Waals surface area contributed by atoms with Crippen LogP contribution in [0.15, 0.2) is 42.6 Å². The summed E-state index contributed by atoms with van der Waals surface area (Å²) in [5, 5.41) is 20.4. The Balaban J connectivity index is 1.55. The van der Waals surface area contributed by atoms with Gasteiger partial charge in [-0.15, -0.1) is 0 Å². The van der Waals surface area contributed by atoms with Gasteiger partial charge in [0.05, 0.1) is 25.1 Å². The lowest BCUT2D eigenvalue weighted by atomic mass is 9.98. The zero-order chi connectivity index (χ0) is 20.5. The summed E-state index contributed by atoms with van der Waals surface area (Å²) in [6.45, 7) is 1.30. The average Bonchev–Trinajstić information content (AvgIpc) is 3.14. The molecule has 0 bridgehead atoms. The number of hydrogen-bond acceptors (Lipinski definition) is 5. The van der Waals surface area contributed by atoms with Crippen LogP contribution < -0.4 is 14.7 Å². The maximum absolute atomic E-state index is 12.9. The molecule has 1 amide bonds. The first-order valence-corrected chi connectivity index (χ1v) is 9.34. The molecule has 0 saturated carbocycles. The number of ether oxygens (including phenoxy) is 2. The van der Waals surface area contributed by atoms with Crippen LogP contribution in [-0.2, 0) is 24.3 Å². The Labute approximate surface area is 168 Å². The smallest absolute Gasteiger partial charge is 0.242 e. The third-order valence-electron chi connectivity index (χ3n) is 5.42. The van der Waals surface area contributed by atoms with E-state index in [1.807, 2.05) is 23.1 Å². The third-order valence-corrected chi connectivity index (χ3v) is 5.42. The molecule has 0 aliphatic carbocycles. The van der Waals surface area contributed by atoms with Gasteiger partial charge in [0.15, 0.2) is 17.2 Å². The van der Waals surface area contributed by atoms with Crippen LogP contribution in [0.3, 0.4) is 0 Å². The molecule has 0 radical (unpaired) electrons. The maximum atomic E-state index is 12.9. The van der Waals surface area contributed by atoms with Crippen molar-refractivity contribution in [1.82, 2.24) is 9.47 Å². The molecule has 1 unspecified atom stereocenters. The van der Waals surface area contributed by atoms with Gasteiger partial charge in [0.25, 0.3) is 0 Å². The van der Waals surface area contributed by atoms with E-state index in [0.29, 0.717) is 30.0 Å². The summed E-state index contributed by atoms with van der Waals surface area (Å²) in [6.07, 6.45) is 2.51. The number of nitrogens with zero attached hydrogens (tertiary/aromatic N) is 2. The molecule has 3 aromatic rings. The first kappa shape index (κ1) is 19.3.